The molecule has 0 unspecified atom stereocenters. The predicted octanol–water partition coefficient (Wildman–Crippen LogP) is 9.15. The molecule has 0 aliphatic heterocycles. The van der Waals surface area contributed by atoms with E-state index < -0.39 is 0 Å². The Kier molecular flexibility index (Phi) is 5.68. The molecule has 0 radical (unpaired) electrons. The topological polar surface area (TPSA) is 38.7 Å². The maximum atomic E-state index is 4.91. The molecule has 0 fully saturated rings. The van der Waals surface area contributed by atoms with Gasteiger partial charge in [-0.25, -0.2) is 15.0 Å². The van der Waals surface area contributed by atoms with E-state index in [0.29, 0.717) is 17.5 Å². The third-order valence-corrected chi connectivity index (χ3v) is 7.20. The van der Waals surface area contributed by atoms with Gasteiger partial charge in [0.25, 0.3) is 0 Å². The molecule has 3 heteroatoms. The van der Waals surface area contributed by atoms with Crippen molar-refractivity contribution in [2.75, 3.05) is 0 Å². The summed E-state index contributed by atoms with van der Waals surface area (Å²) in [4.78, 5) is 14.3. The quantitative estimate of drug-likeness (QED) is 0.242. The molecule has 0 spiro atoms. The maximum absolute atomic E-state index is 4.91. The number of hydrogen-bond acceptors (Lipinski definition) is 3. The van der Waals surface area contributed by atoms with Crippen LogP contribution in [-0.4, -0.2) is 15.0 Å². The highest BCUT2D eigenvalue weighted by molar-refractivity contribution is 6.05. The molecule has 0 N–H and O–H groups in total. The lowest BCUT2D eigenvalue weighted by Crippen LogP contribution is -1.99. The first kappa shape index (κ1) is 23.0. The van der Waals surface area contributed by atoms with Crippen LogP contribution in [0, 0.1) is 6.92 Å². The molecule has 39 heavy (non-hydrogen) atoms. The van der Waals surface area contributed by atoms with E-state index in [1.807, 2.05) is 6.92 Å². The van der Waals surface area contributed by atoms with Crippen LogP contribution in [0.25, 0.3) is 66.6 Å². The fourth-order valence-corrected chi connectivity index (χ4v) is 5.31. The Hall–Kier alpha value is -5.15. The number of aryl methyl sites for hydroxylation is 1. The first-order chi connectivity index (χ1) is 19.2. The zero-order chi connectivity index (χ0) is 26.2. The maximum Gasteiger partial charge on any atom is 0.163 e. The zero-order valence-electron chi connectivity index (χ0n) is 21.5. The lowest BCUT2D eigenvalue weighted by molar-refractivity contribution is 0.992. The van der Waals surface area contributed by atoms with E-state index in [4.69, 9.17) is 9.97 Å². The normalized spacial score (nSPS) is 11.2. The summed E-state index contributed by atoms with van der Waals surface area (Å²) in [6.07, 6.45) is 0. The number of rotatable bonds is 4. The summed E-state index contributed by atoms with van der Waals surface area (Å²) in [7, 11) is 0. The van der Waals surface area contributed by atoms with Crippen molar-refractivity contribution < 1.29 is 0 Å². The lowest BCUT2D eigenvalue weighted by atomic mass is 9.91. The van der Waals surface area contributed by atoms with Crippen molar-refractivity contribution in [3.05, 3.63) is 139 Å². The van der Waals surface area contributed by atoms with Gasteiger partial charge in [0.05, 0.1) is 0 Å². The van der Waals surface area contributed by atoms with Gasteiger partial charge in [0.1, 0.15) is 5.82 Å². The Morgan fingerprint density at radius 3 is 1.69 bits per heavy atom. The Morgan fingerprint density at radius 2 is 0.949 bits per heavy atom. The van der Waals surface area contributed by atoms with Crippen molar-refractivity contribution in [3.8, 4) is 45.0 Å². The Balaban J connectivity index is 1.32. The molecule has 0 atom stereocenters. The van der Waals surface area contributed by atoms with Crippen LogP contribution in [0.1, 0.15) is 5.82 Å². The first-order valence-electron chi connectivity index (χ1n) is 13.1. The van der Waals surface area contributed by atoms with Crippen molar-refractivity contribution in [2.45, 2.75) is 6.92 Å². The zero-order valence-corrected chi connectivity index (χ0v) is 21.5. The number of nitrogens with zero attached hydrogens (tertiary/aromatic N) is 3. The van der Waals surface area contributed by atoms with Crippen LogP contribution in [0.15, 0.2) is 133 Å². The highest BCUT2D eigenvalue weighted by Crippen LogP contribution is 2.36. The van der Waals surface area contributed by atoms with Crippen molar-refractivity contribution in [3.63, 3.8) is 0 Å². The average molecular weight is 500 g/mol. The third kappa shape index (κ3) is 4.34. The van der Waals surface area contributed by atoms with Gasteiger partial charge in [-0.2, -0.15) is 0 Å². The molecule has 7 aromatic rings. The van der Waals surface area contributed by atoms with Crippen molar-refractivity contribution >= 4 is 21.5 Å². The van der Waals surface area contributed by atoms with E-state index in [2.05, 4.69) is 138 Å². The molecule has 1 aromatic heterocycles. The van der Waals surface area contributed by atoms with Gasteiger partial charge < -0.3 is 0 Å². The predicted molar refractivity (Wildman–Crippen MR) is 161 cm³/mol. The van der Waals surface area contributed by atoms with Crippen LogP contribution in [0.3, 0.4) is 0 Å². The fraction of sp³-hybridized carbons (Fsp3) is 0.0278. The molecule has 0 aliphatic rings. The van der Waals surface area contributed by atoms with Gasteiger partial charge in [0.2, 0.25) is 0 Å². The molecule has 7 rings (SSSR count). The van der Waals surface area contributed by atoms with E-state index in [9.17, 15) is 0 Å². The SMILES string of the molecule is Cc1nc(-c2cccc(-c3ccc(-c4ccccc4)c4ccccc34)c2)nc(-c2ccc3ccccc3c2)n1. The van der Waals surface area contributed by atoms with Gasteiger partial charge in [0, 0.05) is 11.1 Å². The van der Waals surface area contributed by atoms with E-state index in [1.165, 1.54) is 38.2 Å². The van der Waals surface area contributed by atoms with Crippen LogP contribution in [-0.2, 0) is 0 Å². The minimum atomic E-state index is 0.678. The second-order valence-electron chi connectivity index (χ2n) is 9.74. The van der Waals surface area contributed by atoms with Gasteiger partial charge in [-0.05, 0) is 62.9 Å². The van der Waals surface area contributed by atoms with Gasteiger partial charge in [0.15, 0.2) is 11.6 Å². The minimum Gasteiger partial charge on any atom is -0.213 e. The second-order valence-corrected chi connectivity index (χ2v) is 9.74. The number of benzene rings is 6. The molecular weight excluding hydrogens is 474 g/mol. The summed E-state index contributed by atoms with van der Waals surface area (Å²) in [5.74, 6) is 2.07. The average Bonchev–Trinajstić information content (AvgIpc) is 3.00. The van der Waals surface area contributed by atoms with Gasteiger partial charge in [-0.15, -0.1) is 0 Å². The highest BCUT2D eigenvalue weighted by Gasteiger charge is 2.13. The Morgan fingerprint density at radius 1 is 0.385 bits per heavy atom. The summed E-state index contributed by atoms with van der Waals surface area (Å²) in [5.41, 5.74) is 6.73. The van der Waals surface area contributed by atoms with Crippen molar-refractivity contribution in [2.24, 2.45) is 0 Å². The largest absolute Gasteiger partial charge is 0.213 e. The molecule has 3 nitrogen and oxygen atoms in total. The standard InChI is InChI=1S/C36H25N3/c1-24-37-35(39-36(38-24)30-19-18-25-10-5-6-13-27(25)22-30)29-15-9-14-28(23-29)32-21-20-31(26-11-3-2-4-12-26)33-16-7-8-17-34(32)33/h2-23H,1H3. The van der Waals surface area contributed by atoms with Crippen molar-refractivity contribution in [1.29, 1.82) is 0 Å². The smallest absolute Gasteiger partial charge is 0.163 e. The number of fused-ring (bicyclic) bond motifs is 2. The lowest BCUT2D eigenvalue weighted by Gasteiger charge is -2.13. The summed E-state index contributed by atoms with van der Waals surface area (Å²) in [6.45, 7) is 1.93. The molecule has 0 amide bonds. The van der Waals surface area contributed by atoms with E-state index >= 15 is 0 Å². The number of aromatic nitrogens is 3. The summed E-state index contributed by atoms with van der Waals surface area (Å²) in [5, 5.41) is 4.83. The van der Waals surface area contributed by atoms with E-state index in [0.717, 1.165) is 16.7 Å². The molecule has 1 heterocycles. The second kappa shape index (κ2) is 9.62. The molecule has 0 aliphatic carbocycles. The summed E-state index contributed by atoms with van der Waals surface area (Å²) < 4.78 is 0. The molecule has 184 valence electrons. The van der Waals surface area contributed by atoms with Crippen LogP contribution in [0.2, 0.25) is 0 Å². The molecular formula is C36H25N3. The van der Waals surface area contributed by atoms with Crippen LogP contribution in [0.4, 0.5) is 0 Å². The number of hydrogen-bond donors (Lipinski definition) is 0. The summed E-state index contributed by atoms with van der Waals surface area (Å²) >= 11 is 0. The third-order valence-electron chi connectivity index (χ3n) is 7.20. The summed E-state index contributed by atoms with van der Waals surface area (Å²) in [6, 6.07) is 46.8. The molecule has 0 bridgehead atoms. The monoisotopic (exact) mass is 499 g/mol. The van der Waals surface area contributed by atoms with Crippen LogP contribution in [0.5, 0.6) is 0 Å². The van der Waals surface area contributed by atoms with Gasteiger partial charge in [-0.1, -0.05) is 121 Å². The van der Waals surface area contributed by atoms with Gasteiger partial charge >= 0.3 is 0 Å². The van der Waals surface area contributed by atoms with Crippen LogP contribution >= 0.6 is 0 Å². The van der Waals surface area contributed by atoms with E-state index in [1.54, 1.807) is 0 Å². The molecule has 0 saturated heterocycles. The minimum absolute atomic E-state index is 0.678. The first-order valence-corrected chi connectivity index (χ1v) is 13.1. The van der Waals surface area contributed by atoms with E-state index in [-0.39, 0.29) is 0 Å². The molecule has 6 aromatic carbocycles. The van der Waals surface area contributed by atoms with Gasteiger partial charge in [-0.3, -0.25) is 0 Å². The van der Waals surface area contributed by atoms with Crippen molar-refractivity contribution in [1.82, 2.24) is 15.0 Å². The van der Waals surface area contributed by atoms with Crippen LogP contribution < -0.4 is 0 Å². The molecule has 0 saturated carbocycles. The Bertz CT molecular complexity index is 1980. The fourth-order valence-electron chi connectivity index (χ4n) is 5.31. The highest BCUT2D eigenvalue weighted by atomic mass is 15.0. The Labute approximate surface area is 227 Å².